The quantitative estimate of drug-likeness (QED) is 0.580. The third-order valence-electron chi connectivity index (χ3n) is 5.90. The summed E-state index contributed by atoms with van der Waals surface area (Å²) in [6.45, 7) is 8.03. The number of hydrogen-bond donors (Lipinski definition) is 2. The molecular weight excluding hydrogens is 390 g/mol. The van der Waals surface area contributed by atoms with Gasteiger partial charge in [-0.25, -0.2) is 0 Å². The number of aryl methyl sites for hydroxylation is 2. The summed E-state index contributed by atoms with van der Waals surface area (Å²) in [7, 11) is 1.79. The molecule has 4 rings (SSSR count). The molecule has 1 amide bonds. The van der Waals surface area contributed by atoms with Crippen LogP contribution in [0.15, 0.2) is 29.1 Å². The minimum absolute atomic E-state index is 0.0831. The van der Waals surface area contributed by atoms with E-state index in [1.54, 1.807) is 11.6 Å². The topological polar surface area (TPSA) is 83.0 Å². The lowest BCUT2D eigenvalue weighted by Gasteiger charge is -2.21. The second kappa shape index (κ2) is 8.57. The summed E-state index contributed by atoms with van der Waals surface area (Å²) in [6.07, 6.45) is 4.10. The Morgan fingerprint density at radius 3 is 2.55 bits per heavy atom. The number of anilines is 1. The maximum absolute atomic E-state index is 13.4. The van der Waals surface area contributed by atoms with Crippen molar-refractivity contribution >= 4 is 22.8 Å². The molecule has 0 unspecified atom stereocenters. The Morgan fingerprint density at radius 1 is 1.19 bits per heavy atom. The van der Waals surface area contributed by atoms with E-state index in [4.69, 9.17) is 0 Å². The van der Waals surface area contributed by atoms with Gasteiger partial charge >= 0.3 is 0 Å². The highest BCUT2D eigenvalue weighted by molar-refractivity contribution is 5.97. The van der Waals surface area contributed by atoms with Gasteiger partial charge in [0.2, 0.25) is 0 Å². The third kappa shape index (κ3) is 4.09. The van der Waals surface area contributed by atoms with Gasteiger partial charge < -0.3 is 14.8 Å². The summed E-state index contributed by atoms with van der Waals surface area (Å²) < 4.78 is 1.68. The molecule has 1 aliphatic rings. The van der Waals surface area contributed by atoms with Gasteiger partial charge in [0.1, 0.15) is 5.52 Å². The molecular formula is C24H31N5O2. The summed E-state index contributed by atoms with van der Waals surface area (Å²) in [4.78, 5) is 28.2. The number of aromatic nitrogens is 3. The van der Waals surface area contributed by atoms with E-state index in [0.29, 0.717) is 17.2 Å². The lowest BCUT2D eigenvalue weighted by molar-refractivity contribution is 0.0951. The van der Waals surface area contributed by atoms with Gasteiger partial charge in [-0.05, 0) is 61.9 Å². The van der Waals surface area contributed by atoms with Gasteiger partial charge in [-0.1, -0.05) is 19.9 Å². The number of nitrogens with zero attached hydrogens (tertiary/aromatic N) is 3. The van der Waals surface area contributed by atoms with E-state index in [2.05, 4.69) is 34.3 Å². The average Bonchev–Trinajstić information content (AvgIpc) is 3.46. The highest BCUT2D eigenvalue weighted by Gasteiger charge is 2.24. The summed E-state index contributed by atoms with van der Waals surface area (Å²) >= 11 is 0. The molecule has 0 atom stereocenters. The van der Waals surface area contributed by atoms with E-state index in [0.717, 1.165) is 66.8 Å². The monoisotopic (exact) mass is 421 g/mol. The Labute approximate surface area is 182 Å². The fraction of sp³-hybridized carbons (Fsp3) is 0.458. The molecule has 1 aromatic carbocycles. The number of hydrogen-bond acceptors (Lipinski definition) is 4. The summed E-state index contributed by atoms with van der Waals surface area (Å²) in [5.74, 6) is 0.736. The third-order valence-corrected chi connectivity index (χ3v) is 5.90. The minimum Gasteiger partial charge on any atom is -0.353 e. The normalized spacial score (nSPS) is 13.5. The van der Waals surface area contributed by atoms with E-state index >= 15 is 0 Å². The van der Waals surface area contributed by atoms with E-state index in [-0.39, 0.29) is 11.5 Å². The maximum atomic E-state index is 13.4. The molecule has 2 N–H and O–H groups in total. The number of pyridine rings is 1. The standard InChI is InChI=1S/C24H31N5O2/c1-5-11-29(12-6-2)22-21-20(26-27-22)14-19(24(31)28(21)4)18-13-16(8-7-15(18)3)23(30)25-17-9-10-17/h7-8,13-14,17H,5-6,9-12H2,1-4H3,(H,25,30)(H,26,27). The summed E-state index contributed by atoms with van der Waals surface area (Å²) in [5, 5.41) is 10.7. The lowest BCUT2D eigenvalue weighted by Crippen LogP contribution is -2.27. The van der Waals surface area contributed by atoms with Gasteiger partial charge in [0.15, 0.2) is 5.82 Å². The molecule has 0 bridgehead atoms. The van der Waals surface area contributed by atoms with Crippen molar-refractivity contribution in [3.8, 4) is 11.1 Å². The zero-order chi connectivity index (χ0) is 22.1. The zero-order valence-electron chi connectivity index (χ0n) is 18.8. The Balaban J connectivity index is 1.80. The van der Waals surface area contributed by atoms with Crippen molar-refractivity contribution in [1.82, 2.24) is 20.1 Å². The molecule has 0 radical (unpaired) electrons. The Morgan fingerprint density at radius 2 is 1.90 bits per heavy atom. The molecule has 164 valence electrons. The maximum Gasteiger partial charge on any atom is 0.258 e. The van der Waals surface area contributed by atoms with Crippen LogP contribution in [0.3, 0.4) is 0 Å². The molecule has 1 saturated carbocycles. The number of nitrogens with one attached hydrogen (secondary N) is 2. The van der Waals surface area contributed by atoms with Crippen molar-refractivity contribution < 1.29 is 4.79 Å². The van der Waals surface area contributed by atoms with Crippen molar-refractivity contribution in [3.05, 3.63) is 45.7 Å². The van der Waals surface area contributed by atoms with Crippen molar-refractivity contribution in [1.29, 1.82) is 0 Å². The van der Waals surface area contributed by atoms with Crippen LogP contribution >= 0.6 is 0 Å². The fourth-order valence-corrected chi connectivity index (χ4v) is 4.09. The predicted molar refractivity (Wildman–Crippen MR) is 125 cm³/mol. The summed E-state index contributed by atoms with van der Waals surface area (Å²) in [6, 6.07) is 7.71. The zero-order valence-corrected chi connectivity index (χ0v) is 18.8. The molecule has 0 saturated heterocycles. The van der Waals surface area contributed by atoms with Crippen LogP contribution in [0.2, 0.25) is 0 Å². The first-order valence-electron chi connectivity index (χ1n) is 11.2. The number of H-pyrrole nitrogens is 1. The molecule has 1 aliphatic carbocycles. The molecule has 2 heterocycles. The van der Waals surface area contributed by atoms with Crippen LogP contribution in [0.1, 0.15) is 55.5 Å². The smallest absolute Gasteiger partial charge is 0.258 e. The molecule has 0 spiro atoms. The Hall–Kier alpha value is -3.09. The van der Waals surface area contributed by atoms with Gasteiger partial charge in [-0.3, -0.25) is 14.7 Å². The van der Waals surface area contributed by atoms with Crippen LogP contribution in [0, 0.1) is 6.92 Å². The number of amides is 1. The Bertz CT molecular complexity index is 1170. The van der Waals surface area contributed by atoms with Crippen molar-refractivity contribution in [2.24, 2.45) is 7.05 Å². The number of aromatic amines is 1. The van der Waals surface area contributed by atoms with Crippen LogP contribution < -0.4 is 15.8 Å². The SMILES string of the molecule is CCCN(CCC)c1n[nH]c2cc(-c3cc(C(=O)NC4CC4)ccc3C)c(=O)n(C)c12. The van der Waals surface area contributed by atoms with E-state index in [1.807, 2.05) is 31.2 Å². The first-order chi connectivity index (χ1) is 14.9. The molecule has 0 aliphatic heterocycles. The first-order valence-corrected chi connectivity index (χ1v) is 11.2. The van der Waals surface area contributed by atoms with Gasteiger partial charge in [0.25, 0.3) is 11.5 Å². The van der Waals surface area contributed by atoms with Gasteiger partial charge in [0.05, 0.1) is 5.52 Å². The van der Waals surface area contributed by atoms with Crippen LogP contribution in [0.4, 0.5) is 5.82 Å². The molecule has 2 aromatic heterocycles. The van der Waals surface area contributed by atoms with Gasteiger partial charge in [-0.2, -0.15) is 5.10 Å². The van der Waals surface area contributed by atoms with Crippen LogP contribution in [0.25, 0.3) is 22.2 Å². The number of benzene rings is 1. The molecule has 1 fully saturated rings. The highest BCUT2D eigenvalue weighted by Crippen LogP contribution is 2.29. The second-order valence-corrected chi connectivity index (χ2v) is 8.50. The van der Waals surface area contributed by atoms with E-state index in [1.165, 1.54) is 0 Å². The highest BCUT2D eigenvalue weighted by atomic mass is 16.1. The van der Waals surface area contributed by atoms with Crippen LogP contribution in [-0.4, -0.2) is 39.8 Å². The molecule has 7 nitrogen and oxygen atoms in total. The van der Waals surface area contributed by atoms with Crippen molar-refractivity contribution in [3.63, 3.8) is 0 Å². The number of carbonyl (C=O) groups excluding carboxylic acids is 1. The Kier molecular flexibility index (Phi) is 5.85. The largest absolute Gasteiger partial charge is 0.353 e. The second-order valence-electron chi connectivity index (χ2n) is 8.50. The average molecular weight is 422 g/mol. The van der Waals surface area contributed by atoms with Gasteiger partial charge in [-0.15, -0.1) is 0 Å². The van der Waals surface area contributed by atoms with Crippen molar-refractivity contribution in [2.45, 2.75) is 52.5 Å². The van der Waals surface area contributed by atoms with Crippen LogP contribution in [-0.2, 0) is 7.05 Å². The molecule has 31 heavy (non-hydrogen) atoms. The minimum atomic E-state index is -0.0917. The number of rotatable bonds is 8. The van der Waals surface area contributed by atoms with E-state index < -0.39 is 0 Å². The number of carbonyl (C=O) groups is 1. The fourth-order valence-electron chi connectivity index (χ4n) is 4.09. The lowest BCUT2D eigenvalue weighted by atomic mass is 9.98. The molecule has 7 heteroatoms. The number of fused-ring (bicyclic) bond motifs is 1. The van der Waals surface area contributed by atoms with Crippen molar-refractivity contribution in [2.75, 3.05) is 18.0 Å². The van der Waals surface area contributed by atoms with E-state index in [9.17, 15) is 9.59 Å². The van der Waals surface area contributed by atoms with Gasteiger partial charge in [0, 0.05) is 37.3 Å². The first kappa shape index (κ1) is 21.2. The molecule has 3 aromatic rings. The summed E-state index contributed by atoms with van der Waals surface area (Å²) in [5.41, 5.74) is 4.43. The predicted octanol–water partition coefficient (Wildman–Crippen LogP) is 3.76. The van der Waals surface area contributed by atoms with Crippen LogP contribution in [0.5, 0.6) is 0 Å².